The molecule has 0 bridgehead atoms. The van der Waals surface area contributed by atoms with E-state index in [0.717, 1.165) is 17.9 Å². The van der Waals surface area contributed by atoms with Gasteiger partial charge >= 0.3 is 0 Å². The maximum Gasteiger partial charge on any atom is 0.241 e. The van der Waals surface area contributed by atoms with Gasteiger partial charge in [0.15, 0.2) is 0 Å². The van der Waals surface area contributed by atoms with E-state index in [0.29, 0.717) is 6.54 Å². The first-order valence-corrected chi connectivity index (χ1v) is 8.40. The molecule has 0 aliphatic carbocycles. The number of carbonyl (C=O) groups excluding carboxylic acids is 1. The van der Waals surface area contributed by atoms with Crippen LogP contribution in [0.25, 0.3) is 0 Å². The lowest BCUT2D eigenvalue weighted by atomic mass is 10.0. The molecule has 0 saturated heterocycles. The molecular formula is C18H24N4O3. The van der Waals surface area contributed by atoms with E-state index < -0.39 is 0 Å². The van der Waals surface area contributed by atoms with Crippen molar-refractivity contribution in [3.8, 4) is 5.75 Å². The Labute approximate surface area is 147 Å². The topological polar surface area (TPSA) is 88.4 Å². The van der Waals surface area contributed by atoms with E-state index in [4.69, 9.17) is 9.84 Å². The summed E-state index contributed by atoms with van der Waals surface area (Å²) in [5.74, 6) is 0.792. The molecule has 0 radical (unpaired) electrons. The van der Waals surface area contributed by atoms with Gasteiger partial charge in [0.25, 0.3) is 0 Å². The monoisotopic (exact) mass is 344 g/mol. The van der Waals surface area contributed by atoms with Gasteiger partial charge in [0.05, 0.1) is 18.5 Å². The summed E-state index contributed by atoms with van der Waals surface area (Å²) < 4.78 is 7.46. The highest BCUT2D eigenvalue weighted by atomic mass is 16.5. The maximum absolute atomic E-state index is 11.6. The van der Waals surface area contributed by atoms with Crippen molar-refractivity contribution < 1.29 is 14.6 Å². The predicted octanol–water partition coefficient (Wildman–Crippen LogP) is 1.32. The van der Waals surface area contributed by atoms with Crippen molar-refractivity contribution in [2.24, 2.45) is 0 Å². The fourth-order valence-electron chi connectivity index (χ4n) is 2.92. The summed E-state index contributed by atoms with van der Waals surface area (Å²) in [5, 5.41) is 18.8. The van der Waals surface area contributed by atoms with E-state index in [1.807, 2.05) is 6.07 Å². The third-order valence-electron chi connectivity index (χ3n) is 4.00. The molecular weight excluding hydrogens is 320 g/mol. The Bertz CT molecular complexity index is 755. The molecule has 0 spiro atoms. The van der Waals surface area contributed by atoms with Gasteiger partial charge in [-0.15, -0.1) is 0 Å². The SMILES string of the molecule is CC1(C)Cc2cc(CNc3cnn(CC(=O)NCCO)c3)ccc2O1. The molecule has 25 heavy (non-hydrogen) atoms. The minimum absolute atomic E-state index is 0.0688. The van der Waals surface area contributed by atoms with Gasteiger partial charge in [0, 0.05) is 25.7 Å². The van der Waals surface area contributed by atoms with Crippen LogP contribution in [0.1, 0.15) is 25.0 Å². The first-order valence-electron chi connectivity index (χ1n) is 8.40. The van der Waals surface area contributed by atoms with Crippen LogP contribution in [-0.2, 0) is 24.3 Å². The van der Waals surface area contributed by atoms with Crippen LogP contribution in [0.5, 0.6) is 5.75 Å². The fourth-order valence-corrected chi connectivity index (χ4v) is 2.92. The van der Waals surface area contributed by atoms with Crippen molar-refractivity contribution in [3.63, 3.8) is 0 Å². The van der Waals surface area contributed by atoms with Crippen LogP contribution in [0.15, 0.2) is 30.6 Å². The number of aliphatic hydroxyl groups excluding tert-OH is 1. The van der Waals surface area contributed by atoms with Crippen molar-refractivity contribution in [2.75, 3.05) is 18.5 Å². The number of nitrogens with one attached hydrogen (secondary N) is 2. The lowest BCUT2D eigenvalue weighted by Crippen LogP contribution is -2.30. The molecule has 0 unspecified atom stereocenters. The first-order chi connectivity index (χ1) is 11.9. The predicted molar refractivity (Wildman–Crippen MR) is 94.5 cm³/mol. The van der Waals surface area contributed by atoms with Crippen LogP contribution < -0.4 is 15.4 Å². The van der Waals surface area contributed by atoms with E-state index >= 15 is 0 Å². The van der Waals surface area contributed by atoms with Crippen LogP contribution in [0, 0.1) is 0 Å². The molecule has 1 aromatic carbocycles. The quantitative estimate of drug-likeness (QED) is 0.705. The minimum atomic E-state index is -0.176. The summed E-state index contributed by atoms with van der Waals surface area (Å²) >= 11 is 0. The van der Waals surface area contributed by atoms with Crippen molar-refractivity contribution in [1.82, 2.24) is 15.1 Å². The van der Waals surface area contributed by atoms with E-state index in [9.17, 15) is 4.79 Å². The van der Waals surface area contributed by atoms with Gasteiger partial charge in [-0.3, -0.25) is 9.48 Å². The standard InChI is InChI=1S/C18H24N4O3/c1-18(2)8-14-7-13(3-4-16(14)25-18)9-20-15-10-21-22(11-15)12-17(24)19-5-6-23/h3-4,7,10-11,20,23H,5-6,8-9,12H2,1-2H3,(H,19,24). The number of anilines is 1. The highest BCUT2D eigenvalue weighted by Crippen LogP contribution is 2.35. The Morgan fingerprint density at radius 2 is 2.28 bits per heavy atom. The molecule has 1 aliphatic heterocycles. The Morgan fingerprint density at radius 1 is 1.44 bits per heavy atom. The van der Waals surface area contributed by atoms with Gasteiger partial charge in [-0.05, 0) is 31.0 Å². The number of amides is 1. The highest BCUT2D eigenvalue weighted by Gasteiger charge is 2.29. The fraction of sp³-hybridized carbons (Fsp3) is 0.444. The van der Waals surface area contributed by atoms with E-state index in [-0.39, 0.29) is 31.2 Å². The van der Waals surface area contributed by atoms with Gasteiger partial charge in [0.1, 0.15) is 17.9 Å². The van der Waals surface area contributed by atoms with Crippen molar-refractivity contribution in [2.45, 2.75) is 39.0 Å². The zero-order valence-electron chi connectivity index (χ0n) is 14.6. The Kier molecular flexibility index (Phi) is 4.94. The molecule has 1 aromatic heterocycles. The Hall–Kier alpha value is -2.54. The molecule has 7 nitrogen and oxygen atoms in total. The number of ether oxygens (including phenoxy) is 1. The molecule has 1 aliphatic rings. The highest BCUT2D eigenvalue weighted by molar-refractivity contribution is 5.75. The van der Waals surface area contributed by atoms with E-state index in [1.165, 1.54) is 11.1 Å². The third-order valence-corrected chi connectivity index (χ3v) is 4.00. The van der Waals surface area contributed by atoms with Crippen LogP contribution in [0.3, 0.4) is 0 Å². The second-order valence-corrected chi connectivity index (χ2v) is 6.83. The summed E-state index contributed by atoms with van der Waals surface area (Å²) in [6, 6.07) is 6.25. The van der Waals surface area contributed by atoms with Gasteiger partial charge < -0.3 is 20.5 Å². The molecule has 134 valence electrons. The van der Waals surface area contributed by atoms with Crippen molar-refractivity contribution in [1.29, 1.82) is 0 Å². The van der Waals surface area contributed by atoms with Gasteiger partial charge in [-0.25, -0.2) is 0 Å². The minimum Gasteiger partial charge on any atom is -0.487 e. The molecule has 0 fully saturated rings. The first kappa shape index (κ1) is 17.3. The molecule has 0 atom stereocenters. The number of aliphatic hydroxyl groups is 1. The second-order valence-electron chi connectivity index (χ2n) is 6.83. The van der Waals surface area contributed by atoms with Crippen LogP contribution in [-0.4, -0.2) is 39.5 Å². The Morgan fingerprint density at radius 3 is 3.08 bits per heavy atom. The van der Waals surface area contributed by atoms with Gasteiger partial charge in [-0.1, -0.05) is 12.1 Å². The molecule has 1 amide bonds. The van der Waals surface area contributed by atoms with Crippen LogP contribution >= 0.6 is 0 Å². The smallest absolute Gasteiger partial charge is 0.241 e. The molecule has 0 saturated carbocycles. The van der Waals surface area contributed by atoms with Crippen molar-refractivity contribution >= 4 is 11.6 Å². The molecule has 7 heteroatoms. The summed E-state index contributed by atoms with van der Waals surface area (Å²) in [6.45, 7) is 5.18. The maximum atomic E-state index is 11.6. The summed E-state index contributed by atoms with van der Waals surface area (Å²) in [5.41, 5.74) is 3.13. The summed E-state index contributed by atoms with van der Waals surface area (Å²) in [4.78, 5) is 11.6. The number of hydrogen-bond acceptors (Lipinski definition) is 5. The average Bonchev–Trinajstić information content (AvgIpc) is 3.12. The molecule has 3 N–H and O–H groups in total. The normalized spacial score (nSPS) is 14.7. The lowest BCUT2D eigenvalue weighted by Gasteiger charge is -2.16. The zero-order valence-corrected chi connectivity index (χ0v) is 14.6. The average molecular weight is 344 g/mol. The number of aromatic nitrogens is 2. The number of fused-ring (bicyclic) bond motifs is 1. The number of carbonyl (C=O) groups is 1. The van der Waals surface area contributed by atoms with Gasteiger partial charge in [0.2, 0.25) is 5.91 Å². The van der Waals surface area contributed by atoms with Crippen LogP contribution in [0.2, 0.25) is 0 Å². The lowest BCUT2D eigenvalue weighted by molar-refractivity contribution is -0.122. The number of benzene rings is 1. The van der Waals surface area contributed by atoms with E-state index in [2.05, 4.69) is 41.7 Å². The van der Waals surface area contributed by atoms with Crippen molar-refractivity contribution in [3.05, 3.63) is 41.7 Å². The van der Waals surface area contributed by atoms with Crippen LogP contribution in [0.4, 0.5) is 5.69 Å². The van der Waals surface area contributed by atoms with E-state index in [1.54, 1.807) is 17.1 Å². The third kappa shape index (κ3) is 4.51. The Balaban J connectivity index is 1.54. The molecule has 2 aromatic rings. The molecule has 2 heterocycles. The summed E-state index contributed by atoms with van der Waals surface area (Å²) in [7, 11) is 0. The zero-order chi connectivity index (χ0) is 17.9. The summed E-state index contributed by atoms with van der Waals surface area (Å²) in [6.07, 6.45) is 4.40. The number of rotatable bonds is 7. The number of hydrogen-bond donors (Lipinski definition) is 3. The number of nitrogens with zero attached hydrogens (tertiary/aromatic N) is 2. The molecule has 3 rings (SSSR count). The van der Waals surface area contributed by atoms with Gasteiger partial charge in [-0.2, -0.15) is 5.10 Å². The second kappa shape index (κ2) is 7.14. The largest absolute Gasteiger partial charge is 0.487 e.